The van der Waals surface area contributed by atoms with Gasteiger partial charge >= 0.3 is 0 Å². The molecule has 0 fully saturated rings. The number of aromatic nitrogens is 2. The molecule has 0 radical (unpaired) electrons. The first-order chi connectivity index (χ1) is 14.2. The fraction of sp³-hybridized carbons (Fsp3) is 0.0800. The third kappa shape index (κ3) is 2.97. The largest absolute Gasteiger partial charge is 0.281 e. The van der Waals surface area contributed by atoms with Gasteiger partial charge in [-0.05, 0) is 35.4 Å². The summed E-state index contributed by atoms with van der Waals surface area (Å²) in [6, 6.07) is 23.1. The van der Waals surface area contributed by atoms with E-state index in [1.165, 1.54) is 24.3 Å². The Kier molecular flexibility index (Phi) is 4.13. The predicted molar refractivity (Wildman–Crippen MR) is 110 cm³/mol. The summed E-state index contributed by atoms with van der Waals surface area (Å²) in [4.78, 5) is 0. The van der Waals surface area contributed by atoms with E-state index >= 15 is 0 Å². The fourth-order valence-electron chi connectivity index (χ4n) is 4.14. The second-order valence-corrected chi connectivity index (χ2v) is 7.33. The van der Waals surface area contributed by atoms with E-state index in [0.29, 0.717) is 6.42 Å². The third-order valence-electron chi connectivity index (χ3n) is 5.64. The lowest BCUT2D eigenvalue weighted by atomic mass is 9.68. The highest BCUT2D eigenvalue weighted by atomic mass is 19.1. The molecule has 0 atom stereocenters. The Morgan fingerprint density at radius 1 is 0.759 bits per heavy atom. The van der Waals surface area contributed by atoms with Crippen molar-refractivity contribution in [3.63, 3.8) is 0 Å². The Bertz CT molecular complexity index is 1130. The molecule has 0 unspecified atom stereocenters. The van der Waals surface area contributed by atoms with Crippen LogP contribution < -0.4 is 0 Å². The fourth-order valence-corrected chi connectivity index (χ4v) is 4.14. The Morgan fingerprint density at radius 2 is 1.34 bits per heavy atom. The minimum atomic E-state index is -0.533. The highest BCUT2D eigenvalue weighted by Gasteiger charge is 2.36. The highest BCUT2D eigenvalue weighted by Crippen LogP contribution is 2.43. The first-order valence-electron chi connectivity index (χ1n) is 9.50. The third-order valence-corrected chi connectivity index (χ3v) is 5.64. The van der Waals surface area contributed by atoms with Crippen LogP contribution in [0, 0.1) is 11.6 Å². The molecule has 5 rings (SSSR count). The van der Waals surface area contributed by atoms with Gasteiger partial charge < -0.3 is 0 Å². The van der Waals surface area contributed by atoms with E-state index in [2.05, 4.69) is 22.3 Å². The van der Waals surface area contributed by atoms with Gasteiger partial charge in [0.25, 0.3) is 0 Å². The van der Waals surface area contributed by atoms with E-state index in [-0.39, 0.29) is 11.6 Å². The molecular weight excluding hydrogens is 366 g/mol. The molecule has 1 aliphatic carbocycles. The molecule has 1 aromatic heterocycles. The molecule has 1 N–H and O–H groups in total. The summed E-state index contributed by atoms with van der Waals surface area (Å²) in [5, 5.41) is 7.75. The molecule has 1 aliphatic rings. The highest BCUT2D eigenvalue weighted by molar-refractivity contribution is 5.76. The topological polar surface area (TPSA) is 28.7 Å². The summed E-state index contributed by atoms with van der Waals surface area (Å²) in [5.74, 6) is -0.562. The van der Waals surface area contributed by atoms with Gasteiger partial charge in [-0.15, -0.1) is 0 Å². The van der Waals surface area contributed by atoms with Crippen LogP contribution in [-0.4, -0.2) is 10.2 Å². The van der Waals surface area contributed by atoms with Crippen molar-refractivity contribution in [3.05, 3.63) is 119 Å². The standard InChI is InChI=1S/C25H18F2N2/c26-20-10-6-18(7-11-20)25(19-8-12-21(27)13-9-19)15-14-22-23(16-25)28-29-24(22)17-4-2-1-3-5-17/h1-15H,16H2,(H,28,29). The SMILES string of the molecule is Fc1ccc(C2(c3ccc(F)cc3)C=Cc3c(-c4ccccc4)n[nH]c3C2)cc1. The Balaban J connectivity index is 1.65. The number of fused-ring (bicyclic) bond motifs is 1. The number of nitrogens with one attached hydrogen (secondary N) is 1. The molecular formula is C25H18F2N2. The Labute approximate surface area is 167 Å². The van der Waals surface area contributed by atoms with Gasteiger partial charge in [0.05, 0.1) is 5.69 Å². The van der Waals surface area contributed by atoms with Crippen LogP contribution in [0.2, 0.25) is 0 Å². The van der Waals surface area contributed by atoms with Gasteiger partial charge in [-0.3, -0.25) is 5.10 Å². The molecule has 0 amide bonds. The van der Waals surface area contributed by atoms with Crippen molar-refractivity contribution in [2.45, 2.75) is 11.8 Å². The summed E-state index contributed by atoms with van der Waals surface area (Å²) in [7, 11) is 0. The summed E-state index contributed by atoms with van der Waals surface area (Å²) in [6.07, 6.45) is 4.81. The number of nitrogens with zero attached hydrogens (tertiary/aromatic N) is 1. The quantitative estimate of drug-likeness (QED) is 0.467. The lowest BCUT2D eigenvalue weighted by Crippen LogP contribution is -2.30. The van der Waals surface area contributed by atoms with Crippen molar-refractivity contribution in [2.75, 3.05) is 0 Å². The van der Waals surface area contributed by atoms with Gasteiger partial charge in [0.15, 0.2) is 0 Å². The monoisotopic (exact) mass is 384 g/mol. The summed E-state index contributed by atoms with van der Waals surface area (Å²) >= 11 is 0. The van der Waals surface area contributed by atoms with Crippen LogP contribution in [0.1, 0.15) is 22.4 Å². The van der Waals surface area contributed by atoms with E-state index in [4.69, 9.17) is 0 Å². The number of aromatic amines is 1. The average Bonchev–Trinajstić information content (AvgIpc) is 3.18. The van der Waals surface area contributed by atoms with Crippen LogP contribution in [-0.2, 0) is 11.8 Å². The summed E-state index contributed by atoms with van der Waals surface area (Å²) in [5.41, 5.74) is 5.37. The van der Waals surface area contributed by atoms with Gasteiger partial charge in [-0.1, -0.05) is 66.7 Å². The summed E-state index contributed by atoms with van der Waals surface area (Å²) < 4.78 is 27.2. The van der Waals surface area contributed by atoms with E-state index in [1.807, 2.05) is 30.3 Å². The van der Waals surface area contributed by atoms with Crippen LogP contribution in [0.15, 0.2) is 84.9 Å². The van der Waals surface area contributed by atoms with Crippen molar-refractivity contribution in [1.82, 2.24) is 10.2 Å². The minimum absolute atomic E-state index is 0.281. The molecule has 0 saturated heterocycles. The molecule has 0 bridgehead atoms. The molecule has 2 nitrogen and oxygen atoms in total. The molecule has 4 heteroatoms. The zero-order valence-electron chi connectivity index (χ0n) is 15.6. The normalized spacial score (nSPS) is 14.6. The van der Waals surface area contributed by atoms with Crippen molar-refractivity contribution in [1.29, 1.82) is 0 Å². The average molecular weight is 384 g/mol. The van der Waals surface area contributed by atoms with Crippen LogP contribution >= 0.6 is 0 Å². The van der Waals surface area contributed by atoms with Crippen LogP contribution in [0.3, 0.4) is 0 Å². The zero-order valence-corrected chi connectivity index (χ0v) is 15.6. The number of halogens is 2. The van der Waals surface area contributed by atoms with Gasteiger partial charge in [-0.25, -0.2) is 8.78 Å². The van der Waals surface area contributed by atoms with Gasteiger partial charge in [0.2, 0.25) is 0 Å². The first-order valence-corrected chi connectivity index (χ1v) is 9.50. The van der Waals surface area contributed by atoms with E-state index in [1.54, 1.807) is 24.3 Å². The smallest absolute Gasteiger partial charge is 0.123 e. The Hall–Kier alpha value is -3.53. The number of H-pyrrole nitrogens is 1. The summed E-state index contributed by atoms with van der Waals surface area (Å²) in [6.45, 7) is 0. The van der Waals surface area contributed by atoms with Gasteiger partial charge in [-0.2, -0.15) is 5.10 Å². The lowest BCUT2D eigenvalue weighted by molar-refractivity contribution is 0.599. The van der Waals surface area contributed by atoms with Crippen molar-refractivity contribution in [2.24, 2.45) is 0 Å². The molecule has 0 saturated carbocycles. The number of rotatable bonds is 3. The second kappa shape index (κ2) is 6.82. The van der Waals surface area contributed by atoms with Crippen LogP contribution in [0.5, 0.6) is 0 Å². The predicted octanol–water partition coefficient (Wildman–Crippen LogP) is 5.91. The molecule has 3 aromatic carbocycles. The van der Waals surface area contributed by atoms with Crippen molar-refractivity contribution >= 4 is 6.08 Å². The maximum absolute atomic E-state index is 13.6. The molecule has 1 heterocycles. The van der Waals surface area contributed by atoms with E-state index < -0.39 is 5.41 Å². The maximum atomic E-state index is 13.6. The lowest BCUT2D eigenvalue weighted by Gasteiger charge is -2.34. The molecule has 0 aliphatic heterocycles. The molecule has 142 valence electrons. The van der Waals surface area contributed by atoms with E-state index in [9.17, 15) is 8.78 Å². The minimum Gasteiger partial charge on any atom is -0.281 e. The molecule has 29 heavy (non-hydrogen) atoms. The number of benzene rings is 3. The first kappa shape index (κ1) is 17.6. The number of hydrogen-bond acceptors (Lipinski definition) is 1. The molecule has 0 spiro atoms. The Morgan fingerprint density at radius 3 is 1.93 bits per heavy atom. The zero-order chi connectivity index (χ0) is 19.8. The van der Waals surface area contributed by atoms with Crippen LogP contribution in [0.25, 0.3) is 17.3 Å². The van der Waals surface area contributed by atoms with Gasteiger partial charge in [0.1, 0.15) is 11.6 Å². The number of allylic oxidation sites excluding steroid dienone is 1. The van der Waals surface area contributed by atoms with Crippen molar-refractivity contribution in [3.8, 4) is 11.3 Å². The van der Waals surface area contributed by atoms with E-state index in [0.717, 1.165) is 33.6 Å². The maximum Gasteiger partial charge on any atom is 0.123 e. The van der Waals surface area contributed by atoms with Crippen LogP contribution in [0.4, 0.5) is 8.78 Å². The molecule has 4 aromatic rings. The van der Waals surface area contributed by atoms with Crippen molar-refractivity contribution < 1.29 is 8.78 Å². The second-order valence-electron chi connectivity index (χ2n) is 7.33. The van der Waals surface area contributed by atoms with Gasteiger partial charge in [0, 0.05) is 28.7 Å². The number of hydrogen-bond donors (Lipinski definition) is 1.